The molecule has 0 saturated carbocycles. The van der Waals surface area contributed by atoms with E-state index < -0.39 is 0 Å². The second-order valence-electron chi connectivity index (χ2n) is 3.52. The first-order chi connectivity index (χ1) is 8.67. The number of nitrogens with one attached hydrogen (secondary N) is 2. The predicted octanol–water partition coefficient (Wildman–Crippen LogP) is 1.28. The molecule has 0 unspecified atom stereocenters. The molecule has 4 N–H and O–H groups in total. The van der Waals surface area contributed by atoms with Crippen molar-refractivity contribution in [2.24, 2.45) is 5.73 Å². The van der Waals surface area contributed by atoms with Crippen LogP contribution < -0.4 is 5.73 Å². The molecule has 6 nitrogen and oxygen atoms in total. The fourth-order valence-corrected chi connectivity index (χ4v) is 1.67. The Morgan fingerprint density at radius 1 is 1.44 bits per heavy atom. The third-order valence-corrected chi connectivity index (χ3v) is 2.43. The van der Waals surface area contributed by atoms with Crippen molar-refractivity contribution < 1.29 is 0 Å². The molecular formula is C12H8N6. The Bertz CT molecular complexity index is 722. The molecule has 0 aliphatic heterocycles. The molecule has 2 rings (SSSR count). The molecule has 0 fully saturated rings. The fraction of sp³-hybridized carbons (Fsp3) is 0. The molecule has 86 valence electrons. The number of H-pyrrole nitrogens is 1. The van der Waals surface area contributed by atoms with E-state index in [4.69, 9.17) is 21.7 Å². The van der Waals surface area contributed by atoms with Crippen molar-refractivity contribution in [3.05, 3.63) is 35.2 Å². The number of nitrogen functional groups attached to an aromatic ring is 1. The zero-order valence-electron chi connectivity index (χ0n) is 9.23. The molecule has 0 aliphatic carbocycles. The number of hydrogen-bond acceptors (Lipinski definition) is 4. The molecule has 0 aliphatic rings. The van der Waals surface area contributed by atoms with Crippen LogP contribution in [0.5, 0.6) is 0 Å². The van der Waals surface area contributed by atoms with E-state index in [9.17, 15) is 0 Å². The molecule has 2 aromatic rings. The number of allylic oxidation sites excluding steroid dienone is 1. The molecule has 18 heavy (non-hydrogen) atoms. The number of amidine groups is 1. The van der Waals surface area contributed by atoms with Crippen molar-refractivity contribution in [1.82, 2.24) is 9.97 Å². The molecule has 0 aromatic carbocycles. The maximum atomic E-state index is 8.74. The van der Waals surface area contributed by atoms with Gasteiger partial charge in [-0.2, -0.15) is 10.5 Å². The molecule has 0 radical (unpaired) electrons. The highest BCUT2D eigenvalue weighted by Gasteiger charge is 2.10. The van der Waals surface area contributed by atoms with Gasteiger partial charge in [-0.05, 0) is 12.1 Å². The Labute approximate surface area is 102 Å². The van der Waals surface area contributed by atoms with Gasteiger partial charge in [0.15, 0.2) is 0 Å². The topological polar surface area (TPSA) is 126 Å². The summed E-state index contributed by atoms with van der Waals surface area (Å²) in [4.78, 5) is 7.01. The van der Waals surface area contributed by atoms with E-state index in [2.05, 4.69) is 9.97 Å². The van der Waals surface area contributed by atoms with Gasteiger partial charge in [-0.15, -0.1) is 0 Å². The second-order valence-corrected chi connectivity index (χ2v) is 3.52. The van der Waals surface area contributed by atoms with Gasteiger partial charge in [0.2, 0.25) is 0 Å². The molecule has 0 bridgehead atoms. The summed E-state index contributed by atoms with van der Waals surface area (Å²) < 4.78 is 0. The number of pyridine rings is 1. The average molecular weight is 236 g/mol. The van der Waals surface area contributed by atoms with Gasteiger partial charge in [0.25, 0.3) is 0 Å². The van der Waals surface area contributed by atoms with E-state index in [1.54, 1.807) is 30.6 Å². The van der Waals surface area contributed by atoms with Crippen LogP contribution in [-0.4, -0.2) is 15.8 Å². The monoisotopic (exact) mass is 236 g/mol. The third-order valence-electron chi connectivity index (χ3n) is 2.43. The highest BCUT2D eigenvalue weighted by atomic mass is 14.8. The van der Waals surface area contributed by atoms with Crippen LogP contribution in [0, 0.1) is 28.1 Å². The largest absolute Gasteiger partial charge is 0.384 e. The van der Waals surface area contributed by atoms with Gasteiger partial charge in [-0.3, -0.25) is 5.41 Å². The fourth-order valence-electron chi connectivity index (χ4n) is 1.67. The van der Waals surface area contributed by atoms with Gasteiger partial charge in [-0.1, -0.05) is 0 Å². The zero-order valence-corrected chi connectivity index (χ0v) is 9.23. The van der Waals surface area contributed by atoms with Crippen molar-refractivity contribution in [3.8, 4) is 12.1 Å². The number of nitrogens with two attached hydrogens (primary N) is 1. The summed E-state index contributed by atoms with van der Waals surface area (Å²) in [6.07, 6.45) is 4.60. The van der Waals surface area contributed by atoms with Gasteiger partial charge >= 0.3 is 0 Å². The molecule has 0 amide bonds. The molecule has 0 saturated heterocycles. The van der Waals surface area contributed by atoms with E-state index in [0.717, 1.165) is 0 Å². The SMILES string of the molecule is N#CC(C#N)=Cc1c[nH]c2nccc(C(=N)N)c12. The maximum absolute atomic E-state index is 8.74. The molecular weight excluding hydrogens is 228 g/mol. The Hall–Kier alpha value is -3.12. The first-order valence-corrected chi connectivity index (χ1v) is 4.99. The van der Waals surface area contributed by atoms with E-state index in [0.29, 0.717) is 22.2 Å². The number of hydrogen-bond donors (Lipinski definition) is 3. The lowest BCUT2D eigenvalue weighted by molar-refractivity contribution is 1.32. The van der Waals surface area contributed by atoms with Crippen LogP contribution in [-0.2, 0) is 0 Å². The summed E-state index contributed by atoms with van der Waals surface area (Å²) in [7, 11) is 0. The molecule has 0 spiro atoms. The molecule has 6 heteroatoms. The Balaban J connectivity index is 2.75. The first kappa shape index (κ1) is 11.4. The normalized spacial score (nSPS) is 9.44. The van der Waals surface area contributed by atoms with Crippen LogP contribution in [0.4, 0.5) is 0 Å². The highest BCUT2D eigenvalue weighted by Crippen LogP contribution is 2.22. The van der Waals surface area contributed by atoms with Crippen molar-refractivity contribution in [3.63, 3.8) is 0 Å². The number of nitriles is 2. The summed E-state index contributed by atoms with van der Waals surface area (Å²) in [5, 5.41) is 25.6. The van der Waals surface area contributed by atoms with Crippen molar-refractivity contribution in [2.45, 2.75) is 0 Å². The van der Waals surface area contributed by atoms with E-state index in [1.807, 2.05) is 0 Å². The molecule has 2 aromatic heterocycles. The van der Waals surface area contributed by atoms with E-state index in [1.165, 1.54) is 6.08 Å². The highest BCUT2D eigenvalue weighted by molar-refractivity contribution is 6.08. The average Bonchev–Trinajstić information content (AvgIpc) is 2.78. The maximum Gasteiger partial charge on any atom is 0.138 e. The summed E-state index contributed by atoms with van der Waals surface area (Å²) in [6, 6.07) is 5.19. The zero-order chi connectivity index (χ0) is 13.1. The van der Waals surface area contributed by atoms with Crippen LogP contribution in [0.15, 0.2) is 24.0 Å². The van der Waals surface area contributed by atoms with Crippen molar-refractivity contribution >= 4 is 22.9 Å². The quantitative estimate of drug-likeness (QED) is 0.412. The lowest BCUT2D eigenvalue weighted by Gasteiger charge is -2.00. The summed E-state index contributed by atoms with van der Waals surface area (Å²) in [5.41, 5.74) is 7.16. The Morgan fingerprint density at radius 2 is 2.17 bits per heavy atom. The number of rotatable bonds is 2. The second kappa shape index (κ2) is 4.40. The first-order valence-electron chi connectivity index (χ1n) is 4.99. The summed E-state index contributed by atoms with van der Waals surface area (Å²) in [6.45, 7) is 0. The standard InChI is InChI=1S/C12H8N6/c13-4-7(5-14)3-8-6-18-12-10(8)9(11(15)16)1-2-17-12/h1-3,6H,(H3,15,16)(H,17,18). The molecule has 0 atom stereocenters. The van der Waals surface area contributed by atoms with Gasteiger partial charge in [-0.25, -0.2) is 4.98 Å². The van der Waals surface area contributed by atoms with Gasteiger partial charge in [0.05, 0.1) is 0 Å². The summed E-state index contributed by atoms with van der Waals surface area (Å²) in [5.74, 6) is -0.0906. The minimum atomic E-state index is -0.0906. The summed E-state index contributed by atoms with van der Waals surface area (Å²) >= 11 is 0. The lowest BCUT2D eigenvalue weighted by Crippen LogP contribution is -2.11. The van der Waals surface area contributed by atoms with Crippen LogP contribution >= 0.6 is 0 Å². The lowest BCUT2D eigenvalue weighted by atomic mass is 10.1. The van der Waals surface area contributed by atoms with Crippen LogP contribution in [0.25, 0.3) is 17.1 Å². The van der Waals surface area contributed by atoms with Gasteiger partial charge in [0.1, 0.15) is 29.2 Å². The number of aromatic amines is 1. The van der Waals surface area contributed by atoms with E-state index >= 15 is 0 Å². The minimum absolute atomic E-state index is 0.0192. The smallest absolute Gasteiger partial charge is 0.138 e. The van der Waals surface area contributed by atoms with Crippen LogP contribution in [0.3, 0.4) is 0 Å². The molecule has 2 heterocycles. The van der Waals surface area contributed by atoms with E-state index in [-0.39, 0.29) is 11.4 Å². The number of aromatic nitrogens is 2. The predicted molar refractivity (Wildman–Crippen MR) is 66.3 cm³/mol. The van der Waals surface area contributed by atoms with Crippen molar-refractivity contribution in [2.75, 3.05) is 0 Å². The Kier molecular flexibility index (Phi) is 2.78. The number of fused-ring (bicyclic) bond motifs is 1. The van der Waals surface area contributed by atoms with Gasteiger partial charge < -0.3 is 10.7 Å². The van der Waals surface area contributed by atoms with Gasteiger partial charge in [0, 0.05) is 28.9 Å². The number of nitrogens with zero attached hydrogens (tertiary/aromatic N) is 3. The van der Waals surface area contributed by atoms with Crippen molar-refractivity contribution in [1.29, 1.82) is 15.9 Å². The minimum Gasteiger partial charge on any atom is -0.384 e. The van der Waals surface area contributed by atoms with Crippen LogP contribution in [0.1, 0.15) is 11.1 Å². The third kappa shape index (κ3) is 1.79. The Morgan fingerprint density at radius 3 is 2.78 bits per heavy atom. The van der Waals surface area contributed by atoms with Crippen LogP contribution in [0.2, 0.25) is 0 Å².